The van der Waals surface area contributed by atoms with Gasteiger partial charge in [-0.15, -0.1) is 0 Å². The van der Waals surface area contributed by atoms with E-state index in [0.717, 1.165) is 25.0 Å². The van der Waals surface area contributed by atoms with Crippen LogP contribution in [0, 0.1) is 11.3 Å². The second kappa shape index (κ2) is 7.82. The summed E-state index contributed by atoms with van der Waals surface area (Å²) < 4.78 is 5.45. The van der Waals surface area contributed by atoms with Gasteiger partial charge in [-0.2, -0.15) is 10.4 Å². The summed E-state index contributed by atoms with van der Waals surface area (Å²) in [5, 5.41) is 21.8. The van der Waals surface area contributed by atoms with Gasteiger partial charge in [-0.1, -0.05) is 0 Å². The van der Waals surface area contributed by atoms with Crippen LogP contribution in [0.2, 0.25) is 0 Å². The van der Waals surface area contributed by atoms with Crippen LogP contribution in [0.1, 0.15) is 50.4 Å². The van der Waals surface area contributed by atoms with Gasteiger partial charge in [0.25, 0.3) is 0 Å². The minimum absolute atomic E-state index is 0.0614. The van der Waals surface area contributed by atoms with Crippen LogP contribution in [0.15, 0.2) is 18.5 Å². The molecule has 2 atom stereocenters. The fourth-order valence-corrected chi connectivity index (χ4v) is 2.94. The molecule has 3 N–H and O–H groups in total. The standard InChI is InChI=1S/C17H21N7O2/c1-10(2)21-17(25)26-13-4-3-11(5-13)14-6-15(24-23-14)22-16-9-19-12(7-18)8-20-16/h6,8-11,13H,3-5H2,1-2H3,(H,21,25)(H2,20,22,23,24)/t11-,13+/m0/s1. The third-order valence-electron chi connectivity index (χ3n) is 4.12. The van der Waals surface area contributed by atoms with Gasteiger partial charge in [0, 0.05) is 23.7 Å². The van der Waals surface area contributed by atoms with Crippen LogP contribution in [0.3, 0.4) is 0 Å². The number of aromatic amines is 1. The fourth-order valence-electron chi connectivity index (χ4n) is 2.94. The minimum Gasteiger partial charge on any atom is -0.446 e. The maximum absolute atomic E-state index is 11.7. The fraction of sp³-hybridized carbons (Fsp3) is 0.471. The first-order valence-electron chi connectivity index (χ1n) is 8.55. The Morgan fingerprint density at radius 1 is 1.35 bits per heavy atom. The Labute approximate surface area is 151 Å². The normalized spacial score (nSPS) is 19.2. The van der Waals surface area contributed by atoms with E-state index in [-0.39, 0.29) is 29.9 Å². The van der Waals surface area contributed by atoms with Crippen molar-refractivity contribution in [1.82, 2.24) is 25.5 Å². The van der Waals surface area contributed by atoms with Gasteiger partial charge in [0.15, 0.2) is 11.5 Å². The van der Waals surface area contributed by atoms with Crippen molar-refractivity contribution in [3.63, 3.8) is 0 Å². The highest BCUT2D eigenvalue weighted by molar-refractivity contribution is 5.67. The summed E-state index contributed by atoms with van der Waals surface area (Å²) in [4.78, 5) is 19.8. The second-order valence-electron chi connectivity index (χ2n) is 6.57. The van der Waals surface area contributed by atoms with Crippen LogP contribution in [-0.2, 0) is 4.74 Å². The number of nitriles is 1. The van der Waals surface area contributed by atoms with Gasteiger partial charge in [0.05, 0.1) is 12.4 Å². The van der Waals surface area contributed by atoms with Crippen molar-refractivity contribution in [1.29, 1.82) is 5.26 Å². The van der Waals surface area contributed by atoms with Gasteiger partial charge < -0.3 is 15.4 Å². The zero-order valence-electron chi connectivity index (χ0n) is 14.7. The van der Waals surface area contributed by atoms with Gasteiger partial charge in [0.2, 0.25) is 0 Å². The monoisotopic (exact) mass is 355 g/mol. The zero-order chi connectivity index (χ0) is 18.5. The molecule has 0 aromatic carbocycles. The minimum atomic E-state index is -0.364. The third kappa shape index (κ3) is 4.47. The maximum atomic E-state index is 11.7. The van der Waals surface area contributed by atoms with Gasteiger partial charge in [0.1, 0.15) is 18.0 Å². The van der Waals surface area contributed by atoms with E-state index in [4.69, 9.17) is 10.00 Å². The molecule has 3 rings (SSSR count). The van der Waals surface area contributed by atoms with Crippen LogP contribution < -0.4 is 10.6 Å². The number of nitrogens with one attached hydrogen (secondary N) is 3. The van der Waals surface area contributed by atoms with Gasteiger partial charge in [-0.25, -0.2) is 14.8 Å². The third-order valence-corrected chi connectivity index (χ3v) is 4.12. The van der Waals surface area contributed by atoms with E-state index in [1.165, 1.54) is 12.4 Å². The lowest BCUT2D eigenvalue weighted by Crippen LogP contribution is -2.33. The average Bonchev–Trinajstić information content (AvgIpc) is 3.24. The molecule has 1 amide bonds. The van der Waals surface area contributed by atoms with Crippen LogP contribution in [-0.4, -0.2) is 38.4 Å². The summed E-state index contributed by atoms with van der Waals surface area (Å²) >= 11 is 0. The number of nitrogens with zero attached hydrogens (tertiary/aromatic N) is 4. The Morgan fingerprint density at radius 2 is 2.19 bits per heavy atom. The van der Waals surface area contributed by atoms with Gasteiger partial charge >= 0.3 is 6.09 Å². The molecule has 9 heteroatoms. The quantitative estimate of drug-likeness (QED) is 0.751. The molecule has 0 spiro atoms. The molecule has 2 aromatic heterocycles. The lowest BCUT2D eigenvalue weighted by molar-refractivity contribution is 0.0981. The highest BCUT2D eigenvalue weighted by atomic mass is 16.6. The van der Waals surface area contributed by atoms with Crippen molar-refractivity contribution in [2.24, 2.45) is 0 Å². The molecule has 9 nitrogen and oxygen atoms in total. The number of carbonyl (C=O) groups excluding carboxylic acids is 1. The first kappa shape index (κ1) is 17.7. The molecular weight excluding hydrogens is 334 g/mol. The molecule has 1 saturated carbocycles. The van der Waals surface area contributed by atoms with Crippen molar-refractivity contribution in [2.45, 2.75) is 51.2 Å². The van der Waals surface area contributed by atoms with Crippen LogP contribution in [0.5, 0.6) is 0 Å². The number of hydrogen-bond donors (Lipinski definition) is 3. The number of carbonyl (C=O) groups is 1. The van der Waals surface area contributed by atoms with E-state index < -0.39 is 0 Å². The summed E-state index contributed by atoms with van der Waals surface area (Å²) in [6.07, 6.45) is 4.97. The number of alkyl carbamates (subject to hydrolysis) is 1. The number of rotatable bonds is 5. The number of H-pyrrole nitrogens is 1. The van der Waals surface area contributed by atoms with Gasteiger partial charge in [-0.05, 0) is 33.1 Å². The first-order valence-corrected chi connectivity index (χ1v) is 8.55. The largest absolute Gasteiger partial charge is 0.446 e. The van der Waals surface area contributed by atoms with E-state index in [2.05, 4.69) is 30.8 Å². The Kier molecular flexibility index (Phi) is 5.31. The molecule has 0 aliphatic heterocycles. The molecule has 1 fully saturated rings. The molecule has 2 heterocycles. The van der Waals surface area contributed by atoms with E-state index >= 15 is 0 Å². The number of hydrogen-bond acceptors (Lipinski definition) is 7. The predicted octanol–water partition coefficient (Wildman–Crippen LogP) is 2.59. The SMILES string of the molecule is CC(C)NC(=O)O[C@@H]1CC[C@H](c2cc(Nc3cnc(C#N)cn3)n[nH]2)C1. The summed E-state index contributed by atoms with van der Waals surface area (Å²) in [7, 11) is 0. The van der Waals surface area contributed by atoms with Gasteiger partial charge in [-0.3, -0.25) is 5.10 Å². The number of ether oxygens (including phenoxy) is 1. The summed E-state index contributed by atoms with van der Waals surface area (Å²) in [5.74, 6) is 1.41. The Morgan fingerprint density at radius 3 is 2.88 bits per heavy atom. The predicted molar refractivity (Wildman–Crippen MR) is 93.8 cm³/mol. The molecule has 0 bridgehead atoms. The highest BCUT2D eigenvalue weighted by Gasteiger charge is 2.30. The Bertz CT molecular complexity index is 794. The summed E-state index contributed by atoms with van der Waals surface area (Å²) in [6.45, 7) is 3.80. The van der Waals surface area contributed by atoms with E-state index in [1.54, 1.807) is 0 Å². The molecular formula is C17H21N7O2. The first-order chi connectivity index (χ1) is 12.5. The average molecular weight is 355 g/mol. The lowest BCUT2D eigenvalue weighted by Gasteiger charge is -2.14. The van der Waals surface area contributed by atoms with Crippen LogP contribution in [0.4, 0.5) is 16.4 Å². The number of anilines is 2. The molecule has 2 aromatic rings. The van der Waals surface area contributed by atoms with Crippen molar-refractivity contribution in [2.75, 3.05) is 5.32 Å². The van der Waals surface area contributed by atoms with E-state index in [0.29, 0.717) is 11.6 Å². The zero-order valence-corrected chi connectivity index (χ0v) is 14.7. The van der Waals surface area contributed by atoms with E-state index in [1.807, 2.05) is 26.0 Å². The number of aromatic nitrogens is 4. The van der Waals surface area contributed by atoms with Crippen LogP contribution >= 0.6 is 0 Å². The van der Waals surface area contributed by atoms with E-state index in [9.17, 15) is 4.79 Å². The molecule has 1 aliphatic rings. The highest BCUT2D eigenvalue weighted by Crippen LogP contribution is 2.36. The van der Waals surface area contributed by atoms with Crippen molar-refractivity contribution >= 4 is 17.7 Å². The molecule has 26 heavy (non-hydrogen) atoms. The van der Waals surface area contributed by atoms with Crippen molar-refractivity contribution < 1.29 is 9.53 Å². The second-order valence-corrected chi connectivity index (χ2v) is 6.57. The smallest absolute Gasteiger partial charge is 0.407 e. The topological polar surface area (TPSA) is 129 Å². The molecule has 0 radical (unpaired) electrons. The van der Waals surface area contributed by atoms with Crippen molar-refractivity contribution in [3.05, 3.63) is 29.8 Å². The van der Waals surface area contributed by atoms with Crippen molar-refractivity contribution in [3.8, 4) is 6.07 Å². The molecule has 0 saturated heterocycles. The van der Waals surface area contributed by atoms with Crippen LogP contribution in [0.25, 0.3) is 0 Å². The molecule has 1 aliphatic carbocycles. The Hall–Kier alpha value is -3.15. The molecule has 0 unspecified atom stereocenters. The summed E-state index contributed by atoms with van der Waals surface area (Å²) in [6, 6.07) is 3.90. The summed E-state index contributed by atoms with van der Waals surface area (Å²) in [5.41, 5.74) is 1.25. The molecule has 136 valence electrons. The number of amides is 1. The lowest BCUT2D eigenvalue weighted by atomic mass is 10.0. The maximum Gasteiger partial charge on any atom is 0.407 e. The Balaban J connectivity index is 1.55.